The lowest BCUT2D eigenvalue weighted by Gasteiger charge is -2.29. The lowest BCUT2D eigenvalue weighted by atomic mass is 9.83. The zero-order chi connectivity index (χ0) is 15.0. The number of carbonyl (C=O) groups is 2. The highest BCUT2D eigenvalue weighted by Gasteiger charge is 2.27. The van der Waals surface area contributed by atoms with E-state index >= 15 is 0 Å². The van der Waals surface area contributed by atoms with E-state index < -0.39 is 17.9 Å². The fourth-order valence-corrected chi connectivity index (χ4v) is 2.27. The first-order valence-corrected chi connectivity index (χ1v) is 6.79. The molecule has 0 amide bonds. The standard InChI is InChI=1S/C13H26N2O4/c1-3-10(14)9(11(15)4-2)6-5-8(13(18)19)7-12(16)17/h8-11H,3-7,14-15H2,1-2H3,(H,16,17)(H,18,19). The monoisotopic (exact) mass is 274 g/mol. The molecule has 6 nitrogen and oxygen atoms in total. The number of hydrogen-bond donors (Lipinski definition) is 4. The minimum Gasteiger partial charge on any atom is -0.481 e. The van der Waals surface area contributed by atoms with Crippen LogP contribution in [-0.4, -0.2) is 34.2 Å². The summed E-state index contributed by atoms with van der Waals surface area (Å²) >= 11 is 0. The van der Waals surface area contributed by atoms with Crippen LogP contribution in [0.3, 0.4) is 0 Å². The summed E-state index contributed by atoms with van der Waals surface area (Å²) in [6.07, 6.45) is 2.04. The van der Waals surface area contributed by atoms with Crippen LogP contribution < -0.4 is 11.5 Å². The Balaban J connectivity index is 4.57. The highest BCUT2D eigenvalue weighted by molar-refractivity contribution is 5.77. The van der Waals surface area contributed by atoms with E-state index in [0.717, 1.165) is 12.8 Å². The van der Waals surface area contributed by atoms with Gasteiger partial charge < -0.3 is 21.7 Å². The van der Waals surface area contributed by atoms with E-state index in [1.54, 1.807) is 0 Å². The molecule has 0 saturated carbocycles. The second-order valence-electron chi connectivity index (χ2n) is 5.02. The SMILES string of the molecule is CCC(N)C(CCC(CC(=O)O)C(=O)O)C(N)CC. The molecule has 0 aromatic rings. The van der Waals surface area contributed by atoms with Gasteiger partial charge in [0.2, 0.25) is 0 Å². The minimum atomic E-state index is -1.09. The Kier molecular flexibility index (Phi) is 8.34. The van der Waals surface area contributed by atoms with Crippen molar-refractivity contribution in [3.63, 3.8) is 0 Å². The zero-order valence-corrected chi connectivity index (χ0v) is 11.7. The number of carboxylic acid groups (broad SMARTS) is 2. The molecule has 0 spiro atoms. The molecule has 0 saturated heterocycles. The Bertz CT molecular complexity index is 286. The highest BCUT2D eigenvalue weighted by Crippen LogP contribution is 2.22. The molecular weight excluding hydrogens is 248 g/mol. The summed E-state index contributed by atoms with van der Waals surface area (Å²) in [7, 11) is 0. The minimum absolute atomic E-state index is 0.0330. The molecule has 0 aromatic carbocycles. The number of rotatable bonds is 10. The third-order valence-electron chi connectivity index (χ3n) is 3.66. The van der Waals surface area contributed by atoms with E-state index in [2.05, 4.69) is 0 Å². The molecule has 0 aliphatic rings. The molecule has 3 atom stereocenters. The molecule has 0 aliphatic heterocycles. The topological polar surface area (TPSA) is 127 Å². The molecule has 19 heavy (non-hydrogen) atoms. The van der Waals surface area contributed by atoms with Crippen LogP contribution in [0, 0.1) is 11.8 Å². The molecule has 0 rings (SSSR count). The molecule has 6 N–H and O–H groups in total. The molecule has 6 heteroatoms. The van der Waals surface area contributed by atoms with Crippen LogP contribution in [-0.2, 0) is 9.59 Å². The van der Waals surface area contributed by atoms with Gasteiger partial charge in [-0.1, -0.05) is 13.8 Å². The molecule has 0 fully saturated rings. The van der Waals surface area contributed by atoms with Crippen LogP contribution in [0.1, 0.15) is 46.0 Å². The maximum Gasteiger partial charge on any atom is 0.307 e. The fraction of sp³-hybridized carbons (Fsp3) is 0.846. The van der Waals surface area contributed by atoms with Crippen molar-refractivity contribution >= 4 is 11.9 Å². The summed E-state index contributed by atoms with van der Waals surface area (Å²) in [5.74, 6) is -3.00. The van der Waals surface area contributed by atoms with Gasteiger partial charge in [0.05, 0.1) is 12.3 Å². The fourth-order valence-electron chi connectivity index (χ4n) is 2.27. The first kappa shape index (κ1) is 17.9. The quantitative estimate of drug-likeness (QED) is 0.471. The Hall–Kier alpha value is -1.14. The van der Waals surface area contributed by atoms with Crippen molar-refractivity contribution in [1.82, 2.24) is 0 Å². The molecular formula is C13H26N2O4. The molecule has 0 heterocycles. The van der Waals surface area contributed by atoms with E-state index in [0.29, 0.717) is 12.8 Å². The number of nitrogens with two attached hydrogens (primary N) is 2. The Morgan fingerprint density at radius 1 is 1.00 bits per heavy atom. The third kappa shape index (κ3) is 6.54. The second kappa shape index (κ2) is 8.87. The average molecular weight is 274 g/mol. The lowest BCUT2D eigenvalue weighted by Crippen LogP contribution is -2.42. The predicted molar refractivity (Wildman–Crippen MR) is 72.6 cm³/mol. The smallest absolute Gasteiger partial charge is 0.307 e. The van der Waals surface area contributed by atoms with Gasteiger partial charge in [0.1, 0.15) is 0 Å². The van der Waals surface area contributed by atoms with Crippen molar-refractivity contribution in [2.75, 3.05) is 0 Å². The summed E-state index contributed by atoms with van der Waals surface area (Å²) in [5.41, 5.74) is 12.0. The Morgan fingerprint density at radius 3 is 1.79 bits per heavy atom. The van der Waals surface area contributed by atoms with Crippen molar-refractivity contribution < 1.29 is 19.8 Å². The van der Waals surface area contributed by atoms with Crippen LogP contribution in [0.5, 0.6) is 0 Å². The Labute approximate surface area is 114 Å². The molecule has 0 aromatic heterocycles. The summed E-state index contributed by atoms with van der Waals surface area (Å²) in [4.78, 5) is 21.6. The number of aliphatic carboxylic acids is 2. The van der Waals surface area contributed by atoms with E-state index in [4.69, 9.17) is 21.7 Å². The summed E-state index contributed by atoms with van der Waals surface area (Å²) in [6, 6.07) is -0.150. The van der Waals surface area contributed by atoms with Crippen molar-refractivity contribution in [2.45, 2.75) is 58.0 Å². The van der Waals surface area contributed by atoms with E-state index in [1.165, 1.54) is 0 Å². The van der Waals surface area contributed by atoms with Crippen molar-refractivity contribution in [3.8, 4) is 0 Å². The maximum absolute atomic E-state index is 11.0. The lowest BCUT2D eigenvalue weighted by molar-refractivity contribution is -0.148. The van der Waals surface area contributed by atoms with Crippen LogP contribution in [0.4, 0.5) is 0 Å². The number of hydrogen-bond acceptors (Lipinski definition) is 4. The van der Waals surface area contributed by atoms with Gasteiger partial charge in [0, 0.05) is 12.1 Å². The third-order valence-corrected chi connectivity index (χ3v) is 3.66. The van der Waals surface area contributed by atoms with Crippen molar-refractivity contribution in [3.05, 3.63) is 0 Å². The number of carboxylic acids is 2. The van der Waals surface area contributed by atoms with Crippen LogP contribution in [0.25, 0.3) is 0 Å². The van der Waals surface area contributed by atoms with Gasteiger partial charge in [-0.3, -0.25) is 9.59 Å². The van der Waals surface area contributed by atoms with E-state index in [9.17, 15) is 9.59 Å². The molecule has 112 valence electrons. The van der Waals surface area contributed by atoms with E-state index in [1.807, 2.05) is 13.8 Å². The average Bonchev–Trinajstić information content (AvgIpc) is 2.35. The first-order chi connectivity index (χ1) is 8.83. The van der Waals surface area contributed by atoms with Gasteiger partial charge in [-0.25, -0.2) is 0 Å². The van der Waals surface area contributed by atoms with Crippen molar-refractivity contribution in [1.29, 1.82) is 0 Å². The van der Waals surface area contributed by atoms with Crippen molar-refractivity contribution in [2.24, 2.45) is 23.3 Å². The highest BCUT2D eigenvalue weighted by atomic mass is 16.4. The largest absolute Gasteiger partial charge is 0.481 e. The van der Waals surface area contributed by atoms with Gasteiger partial charge in [-0.05, 0) is 31.6 Å². The summed E-state index contributed by atoms with van der Waals surface area (Å²) in [6.45, 7) is 3.93. The van der Waals surface area contributed by atoms with Gasteiger partial charge in [-0.2, -0.15) is 0 Å². The normalized spacial score (nSPS) is 17.5. The molecule has 3 unspecified atom stereocenters. The van der Waals surface area contributed by atoms with Gasteiger partial charge in [0.15, 0.2) is 0 Å². The van der Waals surface area contributed by atoms with Crippen LogP contribution in [0.15, 0.2) is 0 Å². The van der Waals surface area contributed by atoms with Gasteiger partial charge >= 0.3 is 11.9 Å². The van der Waals surface area contributed by atoms with Crippen LogP contribution >= 0.6 is 0 Å². The first-order valence-electron chi connectivity index (χ1n) is 6.79. The molecule has 0 aliphatic carbocycles. The summed E-state index contributed by atoms with van der Waals surface area (Å²) in [5, 5.41) is 17.7. The zero-order valence-electron chi connectivity index (χ0n) is 11.7. The van der Waals surface area contributed by atoms with Gasteiger partial charge in [-0.15, -0.1) is 0 Å². The maximum atomic E-state index is 11.0. The second-order valence-corrected chi connectivity index (χ2v) is 5.02. The van der Waals surface area contributed by atoms with Crippen LogP contribution in [0.2, 0.25) is 0 Å². The Morgan fingerprint density at radius 2 is 1.47 bits per heavy atom. The van der Waals surface area contributed by atoms with E-state index in [-0.39, 0.29) is 24.4 Å². The van der Waals surface area contributed by atoms with Gasteiger partial charge in [0.25, 0.3) is 0 Å². The predicted octanol–water partition coefficient (Wildman–Crippen LogP) is 1.03. The molecule has 0 radical (unpaired) electrons. The molecule has 0 bridgehead atoms. The summed E-state index contributed by atoms with van der Waals surface area (Å²) < 4.78 is 0.